The van der Waals surface area contributed by atoms with E-state index in [-0.39, 0.29) is 28.1 Å². The smallest absolute Gasteiger partial charge is 0.264 e. The van der Waals surface area contributed by atoms with E-state index in [4.69, 9.17) is 19.7 Å². The third-order valence-corrected chi connectivity index (χ3v) is 10.9. The van der Waals surface area contributed by atoms with Gasteiger partial charge in [0.25, 0.3) is 10.0 Å². The summed E-state index contributed by atoms with van der Waals surface area (Å²) >= 11 is 0. The number of rotatable bonds is 6. The molecule has 2 aromatic carbocycles. The summed E-state index contributed by atoms with van der Waals surface area (Å²) in [6.45, 7) is 17.4. The summed E-state index contributed by atoms with van der Waals surface area (Å²) in [5.74, 6) is 1.40. The van der Waals surface area contributed by atoms with E-state index in [2.05, 4.69) is 42.3 Å². The van der Waals surface area contributed by atoms with Crippen LogP contribution in [-0.2, 0) is 16.4 Å². The fraction of sp³-hybridized carbons (Fsp3) is 0.459. The first kappa shape index (κ1) is 32.9. The summed E-state index contributed by atoms with van der Waals surface area (Å²) in [5.41, 5.74) is 6.67. The fourth-order valence-corrected chi connectivity index (χ4v) is 8.05. The van der Waals surface area contributed by atoms with Crippen LogP contribution >= 0.6 is 0 Å². The number of aryl methyl sites for hydroxylation is 2. The van der Waals surface area contributed by atoms with Crippen molar-refractivity contribution >= 4 is 21.7 Å². The lowest BCUT2D eigenvalue weighted by Gasteiger charge is -2.30. The Morgan fingerprint density at radius 2 is 1.72 bits per heavy atom. The van der Waals surface area contributed by atoms with Gasteiger partial charge in [-0.3, -0.25) is 0 Å². The summed E-state index contributed by atoms with van der Waals surface area (Å²) in [4.78, 5) is 21.5. The van der Waals surface area contributed by atoms with Crippen molar-refractivity contribution in [1.82, 2.24) is 19.9 Å². The third-order valence-electron chi connectivity index (χ3n) is 9.56. The molecule has 0 saturated carbocycles. The molecule has 0 radical (unpaired) electrons. The molecule has 2 atom stereocenters. The van der Waals surface area contributed by atoms with Crippen LogP contribution in [0.5, 0.6) is 5.88 Å². The summed E-state index contributed by atoms with van der Waals surface area (Å²) < 4.78 is 36.9. The van der Waals surface area contributed by atoms with Crippen LogP contribution in [0.2, 0.25) is 0 Å². The minimum absolute atomic E-state index is 0.0129. The Bertz CT molecular complexity index is 1850. The zero-order valence-corrected chi connectivity index (χ0v) is 29.4. The summed E-state index contributed by atoms with van der Waals surface area (Å²) in [7, 11) is -4.01. The maximum absolute atomic E-state index is 13.8. The molecule has 248 valence electrons. The molecule has 4 aromatic rings. The SMILES string of the molecule is Cc1cccc(C)c1-c1nc2nc(c1C)OC[C@@H](CC(C)C)C(Cc1ncc(N3CCC(C)(C)C3)cn1)c1cccc(c1)S(=O)(=O)N2. The second-order valence-corrected chi connectivity index (χ2v) is 16.2. The Balaban J connectivity index is 1.41. The van der Waals surface area contributed by atoms with E-state index >= 15 is 0 Å². The topological polar surface area (TPSA) is 110 Å². The number of sulfonamides is 1. The van der Waals surface area contributed by atoms with Crippen molar-refractivity contribution in [1.29, 1.82) is 0 Å². The van der Waals surface area contributed by atoms with Gasteiger partial charge in [0.2, 0.25) is 11.8 Å². The lowest BCUT2D eigenvalue weighted by Crippen LogP contribution is -2.27. The predicted molar refractivity (Wildman–Crippen MR) is 186 cm³/mol. The Kier molecular flexibility index (Phi) is 9.00. The molecule has 47 heavy (non-hydrogen) atoms. The molecule has 0 aliphatic carbocycles. The van der Waals surface area contributed by atoms with Gasteiger partial charge in [-0.05, 0) is 79.7 Å². The highest BCUT2D eigenvalue weighted by Crippen LogP contribution is 2.38. The molecule has 4 heterocycles. The van der Waals surface area contributed by atoms with Crippen molar-refractivity contribution < 1.29 is 13.2 Å². The second kappa shape index (κ2) is 12.9. The quantitative estimate of drug-likeness (QED) is 0.231. The molecule has 2 aromatic heterocycles. The highest BCUT2D eigenvalue weighted by Gasteiger charge is 2.32. The molecule has 6 rings (SSSR count). The minimum atomic E-state index is -4.01. The molecular weight excluding hydrogens is 609 g/mol. The van der Waals surface area contributed by atoms with Crippen LogP contribution in [0.1, 0.15) is 74.5 Å². The van der Waals surface area contributed by atoms with Crippen LogP contribution in [0.25, 0.3) is 11.3 Å². The van der Waals surface area contributed by atoms with E-state index in [0.29, 0.717) is 30.5 Å². The minimum Gasteiger partial charge on any atom is -0.477 e. The first-order valence-electron chi connectivity index (χ1n) is 16.6. The van der Waals surface area contributed by atoms with Gasteiger partial charge in [-0.15, -0.1) is 0 Å². The monoisotopic (exact) mass is 654 g/mol. The lowest BCUT2D eigenvalue weighted by atomic mass is 9.79. The molecule has 1 unspecified atom stereocenters. The van der Waals surface area contributed by atoms with Crippen molar-refractivity contribution in [3.63, 3.8) is 0 Å². The number of nitrogens with one attached hydrogen (secondary N) is 1. The molecule has 1 N–H and O–H groups in total. The number of hydrogen-bond acceptors (Lipinski definition) is 8. The van der Waals surface area contributed by atoms with E-state index in [1.807, 2.05) is 57.4 Å². The van der Waals surface area contributed by atoms with Crippen LogP contribution in [0.4, 0.5) is 11.6 Å². The van der Waals surface area contributed by atoms with Crippen molar-refractivity contribution in [2.45, 2.75) is 78.5 Å². The average Bonchev–Trinajstić information content (AvgIpc) is 3.38. The summed E-state index contributed by atoms with van der Waals surface area (Å²) in [5, 5.41) is 0. The first-order chi connectivity index (χ1) is 22.3. The fourth-order valence-electron chi connectivity index (χ4n) is 7.05. The Morgan fingerprint density at radius 3 is 2.38 bits per heavy atom. The van der Waals surface area contributed by atoms with E-state index in [9.17, 15) is 8.42 Å². The summed E-state index contributed by atoms with van der Waals surface area (Å²) in [6.07, 6.45) is 6.41. The Morgan fingerprint density at radius 1 is 1.02 bits per heavy atom. The number of nitrogens with zero attached hydrogens (tertiary/aromatic N) is 5. The molecular formula is C37H46N6O3S. The molecule has 2 aliphatic rings. The zero-order chi connectivity index (χ0) is 33.5. The van der Waals surface area contributed by atoms with Crippen molar-refractivity contribution in [2.24, 2.45) is 17.3 Å². The normalized spacial score (nSPS) is 20.2. The van der Waals surface area contributed by atoms with Gasteiger partial charge in [0, 0.05) is 36.6 Å². The van der Waals surface area contributed by atoms with Gasteiger partial charge in [0.1, 0.15) is 5.82 Å². The predicted octanol–water partition coefficient (Wildman–Crippen LogP) is 7.28. The third kappa shape index (κ3) is 7.12. The zero-order valence-electron chi connectivity index (χ0n) is 28.5. The molecule has 1 saturated heterocycles. The van der Waals surface area contributed by atoms with Crippen LogP contribution in [-0.4, -0.2) is 48.1 Å². The van der Waals surface area contributed by atoms with E-state index in [1.165, 1.54) is 0 Å². The van der Waals surface area contributed by atoms with E-state index in [0.717, 1.165) is 65.3 Å². The maximum atomic E-state index is 13.8. The maximum Gasteiger partial charge on any atom is 0.264 e. The van der Waals surface area contributed by atoms with Crippen molar-refractivity contribution in [3.8, 4) is 17.1 Å². The number of anilines is 2. The molecule has 10 heteroatoms. The number of hydrogen-bond donors (Lipinski definition) is 1. The van der Waals surface area contributed by atoms with Gasteiger partial charge >= 0.3 is 0 Å². The molecule has 2 aliphatic heterocycles. The molecule has 1 fully saturated rings. The van der Waals surface area contributed by atoms with Crippen molar-refractivity contribution in [3.05, 3.63) is 82.9 Å². The van der Waals surface area contributed by atoms with Gasteiger partial charge in [-0.1, -0.05) is 58.0 Å². The van der Waals surface area contributed by atoms with Gasteiger partial charge in [-0.2, -0.15) is 4.98 Å². The number of benzene rings is 2. The van der Waals surface area contributed by atoms with Crippen LogP contribution in [0.15, 0.2) is 59.8 Å². The molecule has 0 amide bonds. The van der Waals surface area contributed by atoms with E-state index < -0.39 is 10.0 Å². The average molecular weight is 655 g/mol. The molecule has 9 nitrogen and oxygen atoms in total. The number of aromatic nitrogens is 4. The van der Waals surface area contributed by atoms with Crippen LogP contribution in [0, 0.1) is 38.0 Å². The van der Waals surface area contributed by atoms with Crippen molar-refractivity contribution in [2.75, 3.05) is 29.3 Å². The lowest BCUT2D eigenvalue weighted by molar-refractivity contribution is 0.192. The van der Waals surface area contributed by atoms with Crippen LogP contribution < -0.4 is 14.4 Å². The molecule has 4 bridgehead atoms. The van der Waals surface area contributed by atoms with Gasteiger partial charge in [0.15, 0.2) is 0 Å². The second-order valence-electron chi connectivity index (χ2n) is 14.5. The van der Waals surface area contributed by atoms with Crippen LogP contribution in [0.3, 0.4) is 0 Å². The Hall–Kier alpha value is -4.05. The standard InChI is InChI=1S/C37H46N6O3S/c1-23(2)16-28-21-46-35-26(5)34(33-24(3)10-8-11-25(33)4)40-36(41-35)42-47(44,45)30-13-9-12-27(17-30)31(28)18-32-38-19-29(20-39-32)43-15-14-37(6,7)22-43/h8-13,17,19-20,23,28,31H,14-16,18,21-22H2,1-7H3,(H,40,41,42)/t28-,31?/m1/s1. The molecule has 0 spiro atoms. The van der Waals surface area contributed by atoms with Gasteiger partial charge in [-0.25, -0.2) is 28.1 Å². The van der Waals surface area contributed by atoms with E-state index in [1.54, 1.807) is 18.2 Å². The summed E-state index contributed by atoms with van der Waals surface area (Å²) in [6, 6.07) is 13.3. The first-order valence-corrected chi connectivity index (χ1v) is 18.0. The van der Waals surface area contributed by atoms with Gasteiger partial charge in [0.05, 0.1) is 35.3 Å². The highest BCUT2D eigenvalue weighted by molar-refractivity contribution is 7.92. The number of ether oxygens (including phenoxy) is 1. The Labute approximate surface area is 279 Å². The number of fused-ring (bicyclic) bond motifs is 4. The van der Waals surface area contributed by atoms with Gasteiger partial charge < -0.3 is 9.64 Å². The highest BCUT2D eigenvalue weighted by atomic mass is 32.2. The largest absolute Gasteiger partial charge is 0.477 e.